The number of ketones is 1. The van der Waals surface area contributed by atoms with E-state index >= 15 is 0 Å². The molecule has 0 heterocycles. The van der Waals surface area contributed by atoms with Crippen LogP contribution in [0.4, 0.5) is 0 Å². The number of hydrogen-bond donors (Lipinski definition) is 3. The lowest BCUT2D eigenvalue weighted by Crippen LogP contribution is -2.48. The van der Waals surface area contributed by atoms with Crippen molar-refractivity contribution in [1.29, 1.82) is 0 Å². The van der Waals surface area contributed by atoms with Crippen LogP contribution in [0.15, 0.2) is 84.9 Å². The van der Waals surface area contributed by atoms with Crippen LogP contribution >= 0.6 is 0 Å². The molecule has 0 aliphatic rings. The molecule has 0 fully saturated rings. The summed E-state index contributed by atoms with van der Waals surface area (Å²) < 4.78 is 5.78. The predicted octanol–water partition coefficient (Wildman–Crippen LogP) is 5.34. The highest BCUT2D eigenvalue weighted by Crippen LogP contribution is 2.27. The Hall–Kier alpha value is -4.01. The van der Waals surface area contributed by atoms with E-state index in [1.165, 1.54) is 0 Å². The Morgan fingerprint density at radius 3 is 2.00 bits per heavy atom. The number of hydroxylamine groups is 1. The molecule has 0 spiro atoms. The first-order valence-corrected chi connectivity index (χ1v) is 15.4. The smallest absolute Gasteiger partial charge is 0.247 e. The Bertz CT molecular complexity index is 1300. The van der Waals surface area contributed by atoms with Crippen LogP contribution < -0.4 is 15.5 Å². The van der Waals surface area contributed by atoms with Gasteiger partial charge in [0.05, 0.1) is 12.0 Å². The van der Waals surface area contributed by atoms with Gasteiger partial charge in [-0.3, -0.25) is 19.6 Å². The maximum atomic E-state index is 14.0. The number of carbonyl (C=O) groups excluding carboxylic acids is 3. The van der Waals surface area contributed by atoms with Gasteiger partial charge in [-0.25, -0.2) is 5.48 Å². The van der Waals surface area contributed by atoms with Gasteiger partial charge in [0.1, 0.15) is 12.4 Å². The lowest BCUT2D eigenvalue weighted by Gasteiger charge is -2.28. The highest BCUT2D eigenvalue weighted by Gasteiger charge is 2.36. The maximum absolute atomic E-state index is 14.0. The summed E-state index contributed by atoms with van der Waals surface area (Å²) in [5.74, 6) is -1.89. The fourth-order valence-corrected chi connectivity index (χ4v) is 5.33. The van der Waals surface area contributed by atoms with E-state index in [1.54, 1.807) is 29.7 Å². The monoisotopic (exact) mass is 601 g/mol. The van der Waals surface area contributed by atoms with Gasteiger partial charge in [0.15, 0.2) is 5.78 Å². The van der Waals surface area contributed by atoms with E-state index in [2.05, 4.69) is 5.32 Å². The molecule has 0 aliphatic heterocycles. The molecule has 0 saturated carbocycles. The van der Waals surface area contributed by atoms with Crippen LogP contribution in [0, 0.1) is 17.8 Å². The van der Waals surface area contributed by atoms with Gasteiger partial charge in [-0.1, -0.05) is 74.5 Å². The van der Waals surface area contributed by atoms with Crippen LogP contribution in [0.25, 0.3) is 0 Å². The Labute approximate surface area is 261 Å². The maximum Gasteiger partial charge on any atom is 0.247 e. The number of aryl methyl sites for hydroxylation is 1. The number of nitrogens with one attached hydrogen (secondary N) is 2. The Kier molecular flexibility index (Phi) is 14.1. The lowest BCUT2D eigenvalue weighted by molar-refractivity contribution is -0.141. The summed E-state index contributed by atoms with van der Waals surface area (Å²) in [7, 11) is 3.95. The molecule has 1 unspecified atom stereocenters. The quantitative estimate of drug-likeness (QED) is 0.103. The summed E-state index contributed by atoms with van der Waals surface area (Å²) in [5, 5.41) is 12.6. The fourth-order valence-electron chi connectivity index (χ4n) is 5.33. The zero-order valence-electron chi connectivity index (χ0n) is 26.4. The topological polar surface area (TPSA) is 108 Å². The van der Waals surface area contributed by atoms with E-state index in [-0.39, 0.29) is 17.6 Å². The minimum atomic E-state index is -0.845. The first kappa shape index (κ1) is 34.5. The molecule has 3 aromatic rings. The summed E-state index contributed by atoms with van der Waals surface area (Å²) in [4.78, 5) is 42.8. The van der Waals surface area contributed by atoms with Gasteiger partial charge >= 0.3 is 0 Å². The van der Waals surface area contributed by atoms with E-state index in [1.807, 2.05) is 93.5 Å². The second-order valence-corrected chi connectivity index (χ2v) is 12.0. The number of Topliss-reactive ketones (excluding diaryl/α,β-unsaturated/α-hetero) is 1. The second kappa shape index (κ2) is 18.0. The molecule has 3 atom stereocenters. The van der Waals surface area contributed by atoms with Crippen LogP contribution in [-0.2, 0) is 22.4 Å². The Morgan fingerprint density at radius 2 is 1.43 bits per heavy atom. The van der Waals surface area contributed by atoms with Gasteiger partial charge in [0.2, 0.25) is 11.8 Å². The molecule has 0 aromatic heterocycles. The molecule has 44 heavy (non-hydrogen) atoms. The summed E-state index contributed by atoms with van der Waals surface area (Å²) in [5.41, 5.74) is 4.29. The molecule has 236 valence electrons. The molecule has 0 aliphatic carbocycles. The van der Waals surface area contributed by atoms with Crippen LogP contribution in [0.2, 0.25) is 0 Å². The third-order valence-corrected chi connectivity index (χ3v) is 7.68. The van der Waals surface area contributed by atoms with Crippen molar-refractivity contribution >= 4 is 17.6 Å². The summed E-state index contributed by atoms with van der Waals surface area (Å²) in [6.07, 6.45) is 2.56. The molecule has 3 N–H and O–H groups in total. The Morgan fingerprint density at radius 1 is 0.818 bits per heavy atom. The van der Waals surface area contributed by atoms with Crippen molar-refractivity contribution in [3.05, 3.63) is 102 Å². The van der Waals surface area contributed by atoms with Crippen molar-refractivity contribution in [3.8, 4) is 5.75 Å². The first-order valence-electron chi connectivity index (χ1n) is 15.4. The third-order valence-electron chi connectivity index (χ3n) is 7.68. The standard InChI is InChI=1S/C36H47N3O5/c1-26(2)24-32(31(36(42)38-43)17-11-16-27-12-7-5-8-13-27)35(41)37-33(25-28-14-9-6-10-15-28)34(40)29-18-20-30(21-19-29)44-23-22-39(3)4/h5-10,12-15,18-21,26,31-33,43H,11,16-17,22-25H2,1-4H3,(H,37,41)(H,38,42)/t31?,32-,33+/m1/s1. The molecule has 0 saturated heterocycles. The zero-order chi connectivity index (χ0) is 31.9. The van der Waals surface area contributed by atoms with E-state index in [0.29, 0.717) is 43.6 Å². The van der Waals surface area contributed by atoms with Crippen LogP contribution in [0.3, 0.4) is 0 Å². The van der Waals surface area contributed by atoms with Gasteiger partial charge in [-0.2, -0.15) is 0 Å². The molecule has 0 bridgehead atoms. The zero-order valence-corrected chi connectivity index (χ0v) is 26.4. The molecule has 3 aromatic carbocycles. The number of ether oxygens (including phenoxy) is 1. The minimum Gasteiger partial charge on any atom is -0.492 e. The third kappa shape index (κ3) is 11.2. The highest BCUT2D eigenvalue weighted by atomic mass is 16.5. The number of rotatable bonds is 18. The average Bonchev–Trinajstić information content (AvgIpc) is 3.02. The number of nitrogens with zero attached hydrogens (tertiary/aromatic N) is 1. The fraction of sp³-hybridized carbons (Fsp3) is 0.417. The molecule has 8 nitrogen and oxygen atoms in total. The van der Waals surface area contributed by atoms with Gasteiger partial charge in [0, 0.05) is 24.4 Å². The molecule has 2 amide bonds. The molecular formula is C36H47N3O5. The number of amides is 2. The van der Waals surface area contributed by atoms with Crippen LogP contribution in [0.1, 0.15) is 54.6 Å². The van der Waals surface area contributed by atoms with Crippen molar-refractivity contribution < 1.29 is 24.3 Å². The van der Waals surface area contributed by atoms with E-state index in [4.69, 9.17) is 4.74 Å². The normalized spacial score (nSPS) is 13.2. The van der Waals surface area contributed by atoms with E-state index in [0.717, 1.165) is 24.1 Å². The molecule has 0 radical (unpaired) electrons. The van der Waals surface area contributed by atoms with Crippen molar-refractivity contribution in [1.82, 2.24) is 15.7 Å². The number of likely N-dealkylation sites (N-methyl/N-ethyl adjacent to an activating group) is 1. The Balaban J connectivity index is 1.82. The predicted molar refractivity (Wildman–Crippen MR) is 173 cm³/mol. The average molecular weight is 602 g/mol. The number of carbonyl (C=O) groups is 3. The molecule has 8 heteroatoms. The number of benzene rings is 3. The van der Waals surface area contributed by atoms with Gasteiger partial charge in [-0.05, 0) is 81.1 Å². The molecule has 3 rings (SSSR count). The second-order valence-electron chi connectivity index (χ2n) is 12.0. The number of hydrogen-bond acceptors (Lipinski definition) is 6. The van der Waals surface area contributed by atoms with E-state index in [9.17, 15) is 19.6 Å². The van der Waals surface area contributed by atoms with Gasteiger partial charge in [-0.15, -0.1) is 0 Å². The van der Waals surface area contributed by atoms with Gasteiger partial charge in [0.25, 0.3) is 0 Å². The first-order chi connectivity index (χ1) is 21.2. The van der Waals surface area contributed by atoms with Crippen LogP contribution in [-0.4, -0.2) is 61.0 Å². The molecular weight excluding hydrogens is 554 g/mol. The highest BCUT2D eigenvalue weighted by molar-refractivity contribution is 6.02. The SMILES string of the molecule is CC(C)C[C@@H](C(=O)N[C@@H](Cc1ccccc1)C(=O)c1ccc(OCCN(C)C)cc1)C(CCCc1ccccc1)C(=O)NO. The van der Waals surface area contributed by atoms with Gasteiger partial charge < -0.3 is 15.0 Å². The van der Waals surface area contributed by atoms with Crippen molar-refractivity contribution in [3.63, 3.8) is 0 Å². The minimum absolute atomic E-state index is 0.109. The largest absolute Gasteiger partial charge is 0.492 e. The van der Waals surface area contributed by atoms with Crippen molar-refractivity contribution in [2.24, 2.45) is 17.8 Å². The van der Waals surface area contributed by atoms with Crippen molar-refractivity contribution in [2.75, 3.05) is 27.2 Å². The van der Waals surface area contributed by atoms with E-state index < -0.39 is 23.8 Å². The lowest BCUT2D eigenvalue weighted by atomic mass is 9.80. The summed E-state index contributed by atoms with van der Waals surface area (Å²) in [6, 6.07) is 25.6. The summed E-state index contributed by atoms with van der Waals surface area (Å²) >= 11 is 0. The van der Waals surface area contributed by atoms with Crippen molar-refractivity contribution in [2.45, 2.75) is 52.0 Å². The van der Waals surface area contributed by atoms with Crippen LogP contribution in [0.5, 0.6) is 5.75 Å². The summed E-state index contributed by atoms with van der Waals surface area (Å²) in [6.45, 7) is 5.28.